The lowest BCUT2D eigenvalue weighted by Crippen LogP contribution is -2.46. The average Bonchev–Trinajstić information content (AvgIpc) is 2.31. The fourth-order valence-corrected chi connectivity index (χ4v) is 6.37. The van der Waals surface area contributed by atoms with E-state index in [4.69, 9.17) is 0 Å². The molecule has 0 saturated carbocycles. The number of nitrogens with zero attached hydrogens (tertiary/aromatic N) is 1. The maximum Gasteiger partial charge on any atom is 0.244 e. The molecular weight excluding hydrogens is 414 g/mol. The Morgan fingerprint density at radius 2 is 2.00 bits per heavy atom. The summed E-state index contributed by atoms with van der Waals surface area (Å²) in [5.74, 6) is 0.831. The predicted octanol–water partition coefficient (Wildman–Crippen LogP) is 3.73. The lowest BCUT2D eigenvalue weighted by molar-refractivity contribution is 0.387. The van der Waals surface area contributed by atoms with Crippen molar-refractivity contribution in [2.75, 3.05) is 18.8 Å². The van der Waals surface area contributed by atoms with E-state index < -0.39 is 10.0 Å². The minimum Gasteiger partial charge on any atom is -0.207 e. The number of thioether (sulfide) groups is 1. The summed E-state index contributed by atoms with van der Waals surface area (Å²) in [5, 5.41) is 0. The number of benzene rings is 1. The fourth-order valence-electron chi connectivity index (χ4n) is 1.99. The number of hydrogen-bond acceptors (Lipinski definition) is 3. The van der Waals surface area contributed by atoms with Gasteiger partial charge in [-0.2, -0.15) is 16.1 Å². The summed E-state index contributed by atoms with van der Waals surface area (Å²) < 4.78 is 28.3. The lowest BCUT2D eigenvalue weighted by Gasteiger charge is -2.36. The third-order valence-corrected chi connectivity index (χ3v) is 7.53. The van der Waals surface area contributed by atoms with E-state index in [1.165, 1.54) is 0 Å². The van der Waals surface area contributed by atoms with Gasteiger partial charge in [0.25, 0.3) is 0 Å². The first-order valence-corrected chi connectivity index (χ1v) is 9.83. The van der Waals surface area contributed by atoms with Gasteiger partial charge in [-0.3, -0.25) is 0 Å². The molecule has 1 fully saturated rings. The minimum absolute atomic E-state index is 0.0379. The van der Waals surface area contributed by atoms with E-state index in [1.54, 1.807) is 16.4 Å². The Bertz CT molecular complexity index is 587. The van der Waals surface area contributed by atoms with Gasteiger partial charge in [0.05, 0.1) is 4.90 Å². The van der Waals surface area contributed by atoms with Crippen molar-refractivity contribution in [2.24, 2.45) is 0 Å². The molecule has 7 heteroatoms. The Labute approximate surface area is 135 Å². The van der Waals surface area contributed by atoms with Crippen LogP contribution in [0.4, 0.5) is 0 Å². The predicted molar refractivity (Wildman–Crippen MR) is 87.1 cm³/mol. The Balaban J connectivity index is 2.39. The zero-order chi connectivity index (χ0) is 14.3. The molecule has 106 valence electrons. The van der Waals surface area contributed by atoms with Crippen molar-refractivity contribution < 1.29 is 8.42 Å². The van der Waals surface area contributed by atoms with Crippen LogP contribution in [0.15, 0.2) is 32.0 Å². The van der Waals surface area contributed by atoms with Gasteiger partial charge < -0.3 is 0 Å². The molecule has 1 aromatic rings. The van der Waals surface area contributed by atoms with Crippen molar-refractivity contribution in [2.45, 2.75) is 23.5 Å². The van der Waals surface area contributed by atoms with Crippen molar-refractivity contribution >= 4 is 53.6 Å². The van der Waals surface area contributed by atoms with Crippen LogP contribution in [0, 0.1) is 0 Å². The molecule has 0 unspecified atom stereocenters. The first kappa shape index (κ1) is 15.8. The molecule has 0 amide bonds. The summed E-state index contributed by atoms with van der Waals surface area (Å²) in [6, 6.07) is 5.22. The number of rotatable bonds is 2. The van der Waals surface area contributed by atoms with Gasteiger partial charge in [0.15, 0.2) is 0 Å². The Morgan fingerprint density at radius 3 is 2.63 bits per heavy atom. The van der Waals surface area contributed by atoms with Crippen LogP contribution in [0.1, 0.15) is 13.8 Å². The van der Waals surface area contributed by atoms with Crippen molar-refractivity contribution in [1.82, 2.24) is 4.31 Å². The van der Waals surface area contributed by atoms with E-state index in [0.29, 0.717) is 22.5 Å². The van der Waals surface area contributed by atoms with Crippen LogP contribution >= 0.6 is 43.6 Å². The topological polar surface area (TPSA) is 37.4 Å². The monoisotopic (exact) mass is 427 g/mol. The highest BCUT2D eigenvalue weighted by Crippen LogP contribution is 2.34. The zero-order valence-electron chi connectivity index (χ0n) is 10.7. The molecule has 0 aromatic heterocycles. The molecule has 1 aliphatic heterocycles. The zero-order valence-corrected chi connectivity index (χ0v) is 15.5. The second-order valence-corrected chi connectivity index (χ2v) is 10.5. The Kier molecular flexibility index (Phi) is 4.72. The molecule has 0 spiro atoms. The van der Waals surface area contributed by atoms with Gasteiger partial charge in [-0.25, -0.2) is 8.42 Å². The van der Waals surface area contributed by atoms with Crippen LogP contribution in [0.2, 0.25) is 0 Å². The van der Waals surface area contributed by atoms with Gasteiger partial charge in [-0.15, -0.1) is 0 Å². The van der Waals surface area contributed by atoms with Gasteiger partial charge >= 0.3 is 0 Å². The van der Waals surface area contributed by atoms with Gasteiger partial charge in [-0.1, -0.05) is 15.9 Å². The number of sulfonamides is 1. The van der Waals surface area contributed by atoms with Gasteiger partial charge in [-0.05, 0) is 48.0 Å². The van der Waals surface area contributed by atoms with Crippen molar-refractivity contribution in [3.63, 3.8) is 0 Å². The highest BCUT2D eigenvalue weighted by Gasteiger charge is 2.35. The highest BCUT2D eigenvalue weighted by atomic mass is 79.9. The van der Waals surface area contributed by atoms with Crippen molar-refractivity contribution in [3.05, 3.63) is 27.1 Å². The Morgan fingerprint density at radius 1 is 1.32 bits per heavy atom. The molecular formula is C12H15Br2NO2S2. The molecule has 3 nitrogen and oxygen atoms in total. The molecule has 19 heavy (non-hydrogen) atoms. The second-order valence-electron chi connectivity index (χ2n) is 5.02. The minimum atomic E-state index is -3.44. The summed E-state index contributed by atoms with van der Waals surface area (Å²) in [5.41, 5.74) is 0. The van der Waals surface area contributed by atoms with Gasteiger partial charge in [0.1, 0.15) is 0 Å². The van der Waals surface area contributed by atoms with Crippen molar-refractivity contribution in [1.29, 1.82) is 0 Å². The first-order valence-electron chi connectivity index (χ1n) is 5.81. The smallest absolute Gasteiger partial charge is 0.207 e. The molecule has 2 rings (SSSR count). The number of halogens is 2. The quantitative estimate of drug-likeness (QED) is 0.720. The normalized spacial score (nSPS) is 20.4. The maximum atomic E-state index is 12.7. The van der Waals surface area contributed by atoms with Gasteiger partial charge in [0.2, 0.25) is 10.0 Å². The standard InChI is InChI=1S/C12H15Br2NO2S2/c1-12(2)8-15(5-6-18-12)19(16,17)11-7-9(13)3-4-10(11)14/h3-4,7H,5-6,8H2,1-2H3. The Hall–Kier alpha value is 0.440. The van der Waals surface area contributed by atoms with Crippen LogP contribution in [-0.4, -0.2) is 36.3 Å². The molecule has 0 aliphatic carbocycles. The average molecular weight is 429 g/mol. The molecule has 0 bridgehead atoms. The third kappa shape index (κ3) is 3.56. The molecule has 0 radical (unpaired) electrons. The second kappa shape index (κ2) is 5.67. The largest absolute Gasteiger partial charge is 0.244 e. The van der Waals surface area contributed by atoms with E-state index in [0.717, 1.165) is 10.2 Å². The van der Waals surface area contributed by atoms with Crippen LogP contribution in [0.5, 0.6) is 0 Å². The molecule has 1 heterocycles. The van der Waals surface area contributed by atoms with E-state index in [-0.39, 0.29) is 4.75 Å². The van der Waals surface area contributed by atoms with Crippen LogP contribution in [0.25, 0.3) is 0 Å². The summed E-state index contributed by atoms with van der Waals surface area (Å²) in [4.78, 5) is 0.324. The first-order chi connectivity index (χ1) is 8.72. The van der Waals surface area contributed by atoms with Crippen LogP contribution < -0.4 is 0 Å². The van der Waals surface area contributed by atoms with E-state index >= 15 is 0 Å². The molecule has 0 N–H and O–H groups in total. The van der Waals surface area contributed by atoms with E-state index in [2.05, 4.69) is 45.7 Å². The van der Waals surface area contributed by atoms with Crippen LogP contribution in [-0.2, 0) is 10.0 Å². The van der Waals surface area contributed by atoms with Crippen molar-refractivity contribution in [3.8, 4) is 0 Å². The number of hydrogen-bond donors (Lipinski definition) is 0. The molecule has 0 atom stereocenters. The summed E-state index contributed by atoms with van der Waals surface area (Å²) in [6.07, 6.45) is 0. The van der Waals surface area contributed by atoms with E-state index in [1.807, 2.05) is 17.8 Å². The van der Waals surface area contributed by atoms with Gasteiger partial charge in [0, 0.05) is 32.5 Å². The third-order valence-electron chi connectivity index (χ3n) is 2.90. The molecule has 1 saturated heterocycles. The SMILES string of the molecule is CC1(C)CN(S(=O)(=O)c2cc(Br)ccc2Br)CCS1. The molecule has 1 aliphatic rings. The summed E-state index contributed by atoms with van der Waals surface area (Å²) in [6.45, 7) is 5.26. The van der Waals surface area contributed by atoms with Crippen LogP contribution in [0.3, 0.4) is 0 Å². The van der Waals surface area contributed by atoms with E-state index in [9.17, 15) is 8.42 Å². The summed E-state index contributed by atoms with van der Waals surface area (Å²) in [7, 11) is -3.44. The highest BCUT2D eigenvalue weighted by molar-refractivity contribution is 9.11. The lowest BCUT2D eigenvalue weighted by atomic mass is 10.2. The maximum absolute atomic E-state index is 12.7. The summed E-state index contributed by atoms with van der Waals surface area (Å²) >= 11 is 8.47. The fraction of sp³-hybridized carbons (Fsp3) is 0.500. The molecule has 1 aromatic carbocycles.